The molecule has 20 heavy (non-hydrogen) atoms. The molecule has 1 aromatic heterocycles. The number of ether oxygens (including phenoxy) is 2. The topological polar surface area (TPSA) is 85.8 Å². The maximum Gasteiger partial charge on any atom is 0.358 e. The molecule has 106 valence electrons. The fourth-order valence-electron chi connectivity index (χ4n) is 2.13. The van der Waals surface area contributed by atoms with E-state index in [4.69, 9.17) is 0 Å². The highest BCUT2D eigenvalue weighted by Gasteiger charge is 2.37. The van der Waals surface area contributed by atoms with Crippen LogP contribution in [0.2, 0.25) is 0 Å². The van der Waals surface area contributed by atoms with E-state index in [1.165, 1.54) is 25.3 Å². The molecule has 0 saturated carbocycles. The largest absolute Gasteiger partial charge is 0.469 e. The predicted molar refractivity (Wildman–Crippen MR) is 68.1 cm³/mol. The summed E-state index contributed by atoms with van der Waals surface area (Å²) in [6.07, 6.45) is 1.50. The molecule has 1 fully saturated rings. The van der Waals surface area contributed by atoms with Crippen LogP contribution in [0.3, 0.4) is 0 Å². The standard InChI is InChI=1S/C13H14N2O5/c1-19-12(17)8-6-10(16)15(7-8)9-4-3-5-14-11(9)13(18)20-2/h3-5,8H,6-7H2,1-2H3. The van der Waals surface area contributed by atoms with E-state index in [1.807, 2.05) is 0 Å². The van der Waals surface area contributed by atoms with Crippen molar-refractivity contribution >= 4 is 23.5 Å². The molecular weight excluding hydrogens is 264 g/mol. The van der Waals surface area contributed by atoms with Crippen LogP contribution in [-0.4, -0.2) is 43.6 Å². The summed E-state index contributed by atoms with van der Waals surface area (Å²) in [6.45, 7) is 0.168. The van der Waals surface area contributed by atoms with Crippen LogP contribution in [-0.2, 0) is 19.1 Å². The summed E-state index contributed by atoms with van der Waals surface area (Å²) >= 11 is 0. The zero-order valence-electron chi connectivity index (χ0n) is 11.2. The Kier molecular flexibility index (Phi) is 3.97. The third-order valence-corrected chi connectivity index (χ3v) is 3.12. The molecule has 7 nitrogen and oxygen atoms in total. The minimum atomic E-state index is -0.630. The Labute approximate surface area is 115 Å². The van der Waals surface area contributed by atoms with Gasteiger partial charge in [-0.25, -0.2) is 9.78 Å². The first-order valence-electron chi connectivity index (χ1n) is 6.00. The lowest BCUT2D eigenvalue weighted by Crippen LogP contribution is -2.28. The molecule has 0 aliphatic carbocycles. The summed E-state index contributed by atoms with van der Waals surface area (Å²) in [5.41, 5.74) is 0.393. The fourth-order valence-corrected chi connectivity index (χ4v) is 2.13. The summed E-state index contributed by atoms with van der Waals surface area (Å²) in [7, 11) is 2.52. The lowest BCUT2D eigenvalue weighted by atomic mass is 10.1. The van der Waals surface area contributed by atoms with Gasteiger partial charge in [-0.1, -0.05) is 0 Å². The van der Waals surface area contributed by atoms with Crippen LogP contribution < -0.4 is 4.90 Å². The molecular formula is C13H14N2O5. The third-order valence-electron chi connectivity index (χ3n) is 3.12. The van der Waals surface area contributed by atoms with Gasteiger partial charge in [0, 0.05) is 19.2 Å². The summed E-state index contributed by atoms with van der Waals surface area (Å²) in [6, 6.07) is 3.21. The van der Waals surface area contributed by atoms with E-state index >= 15 is 0 Å². The van der Waals surface area contributed by atoms with E-state index in [0.717, 1.165) is 0 Å². The number of methoxy groups -OCH3 is 2. The Morgan fingerprint density at radius 3 is 2.75 bits per heavy atom. The van der Waals surface area contributed by atoms with Crippen molar-refractivity contribution in [3.63, 3.8) is 0 Å². The van der Waals surface area contributed by atoms with Crippen molar-refractivity contribution in [1.82, 2.24) is 4.98 Å². The van der Waals surface area contributed by atoms with E-state index in [9.17, 15) is 14.4 Å². The van der Waals surface area contributed by atoms with Crippen molar-refractivity contribution in [2.75, 3.05) is 25.7 Å². The van der Waals surface area contributed by atoms with Gasteiger partial charge >= 0.3 is 11.9 Å². The molecule has 1 atom stereocenters. The zero-order valence-corrected chi connectivity index (χ0v) is 11.2. The van der Waals surface area contributed by atoms with Crippen molar-refractivity contribution in [3.05, 3.63) is 24.0 Å². The Morgan fingerprint density at radius 2 is 2.10 bits per heavy atom. The van der Waals surface area contributed by atoms with E-state index in [-0.39, 0.29) is 24.6 Å². The minimum Gasteiger partial charge on any atom is -0.469 e. The van der Waals surface area contributed by atoms with Gasteiger partial charge in [0.05, 0.1) is 25.8 Å². The summed E-state index contributed by atoms with van der Waals surface area (Å²) in [5.74, 6) is -1.85. The number of carbonyl (C=O) groups excluding carboxylic acids is 3. The Balaban J connectivity index is 2.31. The van der Waals surface area contributed by atoms with Crippen molar-refractivity contribution in [2.24, 2.45) is 5.92 Å². The van der Waals surface area contributed by atoms with E-state index < -0.39 is 17.9 Å². The van der Waals surface area contributed by atoms with Crippen LogP contribution in [0.25, 0.3) is 0 Å². The highest BCUT2D eigenvalue weighted by molar-refractivity contribution is 6.04. The van der Waals surface area contributed by atoms with Gasteiger partial charge in [0.1, 0.15) is 0 Å². The van der Waals surface area contributed by atoms with Crippen LogP contribution >= 0.6 is 0 Å². The lowest BCUT2D eigenvalue weighted by molar-refractivity contribution is -0.145. The molecule has 0 spiro atoms. The summed E-state index contributed by atoms with van der Waals surface area (Å²) < 4.78 is 9.28. The van der Waals surface area contributed by atoms with Crippen LogP contribution in [0, 0.1) is 5.92 Å². The quantitative estimate of drug-likeness (QED) is 0.744. The number of anilines is 1. The van der Waals surface area contributed by atoms with E-state index in [2.05, 4.69) is 14.5 Å². The van der Waals surface area contributed by atoms with E-state index in [0.29, 0.717) is 5.69 Å². The number of rotatable bonds is 3. The predicted octanol–water partition coefficient (Wildman–Crippen LogP) is 0.394. The maximum atomic E-state index is 12.0. The average Bonchev–Trinajstić information content (AvgIpc) is 2.87. The van der Waals surface area contributed by atoms with Gasteiger partial charge in [-0.15, -0.1) is 0 Å². The molecule has 0 bridgehead atoms. The lowest BCUT2D eigenvalue weighted by Gasteiger charge is -2.18. The highest BCUT2D eigenvalue weighted by atomic mass is 16.5. The van der Waals surface area contributed by atoms with Gasteiger partial charge in [0.2, 0.25) is 5.91 Å². The smallest absolute Gasteiger partial charge is 0.358 e. The molecule has 0 radical (unpaired) electrons. The number of esters is 2. The van der Waals surface area contributed by atoms with E-state index in [1.54, 1.807) is 12.1 Å². The molecule has 1 amide bonds. The van der Waals surface area contributed by atoms with Crippen molar-refractivity contribution in [1.29, 1.82) is 0 Å². The zero-order chi connectivity index (χ0) is 14.7. The van der Waals surface area contributed by atoms with Gasteiger partial charge in [-0.2, -0.15) is 0 Å². The number of nitrogens with zero attached hydrogens (tertiary/aromatic N) is 2. The molecule has 1 aromatic rings. The Bertz CT molecular complexity index is 557. The van der Waals surface area contributed by atoms with Gasteiger partial charge in [0.15, 0.2) is 5.69 Å². The van der Waals surface area contributed by atoms with Gasteiger partial charge < -0.3 is 14.4 Å². The first-order valence-corrected chi connectivity index (χ1v) is 6.00. The SMILES string of the molecule is COC(=O)c1ncccc1N1CC(C(=O)OC)CC1=O. The maximum absolute atomic E-state index is 12.0. The molecule has 1 saturated heterocycles. The molecule has 2 rings (SSSR count). The monoisotopic (exact) mass is 278 g/mol. The van der Waals surface area contributed by atoms with Crippen molar-refractivity contribution in [3.8, 4) is 0 Å². The molecule has 2 heterocycles. The normalized spacial score (nSPS) is 18.0. The fraction of sp³-hybridized carbons (Fsp3) is 0.385. The summed E-state index contributed by atoms with van der Waals surface area (Å²) in [5, 5.41) is 0. The van der Waals surface area contributed by atoms with Crippen LogP contribution in [0.4, 0.5) is 5.69 Å². The second-order valence-corrected chi connectivity index (χ2v) is 4.29. The minimum absolute atomic E-state index is 0.0499. The number of hydrogen-bond acceptors (Lipinski definition) is 6. The molecule has 1 aliphatic heterocycles. The molecule has 1 unspecified atom stereocenters. The first-order chi connectivity index (χ1) is 9.58. The van der Waals surface area contributed by atoms with Gasteiger partial charge in [0.25, 0.3) is 0 Å². The van der Waals surface area contributed by atoms with Crippen LogP contribution in [0.15, 0.2) is 18.3 Å². The number of hydrogen-bond donors (Lipinski definition) is 0. The number of aromatic nitrogens is 1. The first kappa shape index (κ1) is 14.0. The highest BCUT2D eigenvalue weighted by Crippen LogP contribution is 2.28. The second kappa shape index (κ2) is 5.68. The molecule has 7 heteroatoms. The van der Waals surface area contributed by atoms with Crippen molar-refractivity contribution < 1.29 is 23.9 Å². The third kappa shape index (κ3) is 2.47. The molecule has 0 N–H and O–H groups in total. The van der Waals surface area contributed by atoms with Gasteiger partial charge in [-0.3, -0.25) is 9.59 Å². The number of carbonyl (C=O) groups is 3. The van der Waals surface area contributed by atoms with Crippen LogP contribution in [0.1, 0.15) is 16.9 Å². The Morgan fingerprint density at radius 1 is 1.35 bits per heavy atom. The van der Waals surface area contributed by atoms with Crippen LogP contribution in [0.5, 0.6) is 0 Å². The molecule has 0 aromatic carbocycles. The number of pyridine rings is 1. The average molecular weight is 278 g/mol. The second-order valence-electron chi connectivity index (χ2n) is 4.29. The summed E-state index contributed by atoms with van der Waals surface area (Å²) in [4.78, 5) is 40.5. The van der Waals surface area contributed by atoms with Gasteiger partial charge in [-0.05, 0) is 12.1 Å². The number of amides is 1. The van der Waals surface area contributed by atoms with Crippen molar-refractivity contribution in [2.45, 2.75) is 6.42 Å². The Hall–Kier alpha value is -2.44. The molecule has 1 aliphatic rings.